The monoisotopic (exact) mass is 218 g/mol. The Balaban J connectivity index is 1.88. The summed E-state index contributed by atoms with van der Waals surface area (Å²) in [6, 6.07) is 0. The number of hydrogen-bond acceptors (Lipinski definition) is 3. The average Bonchev–Trinajstić information content (AvgIpc) is 2.01. The molecule has 3 atom stereocenters. The van der Waals surface area contributed by atoms with E-state index in [0.29, 0.717) is 16.4 Å². The van der Waals surface area contributed by atoms with E-state index in [1.165, 1.54) is 30.8 Å². The first kappa shape index (κ1) is 10.2. The van der Waals surface area contributed by atoms with Crippen molar-refractivity contribution in [1.82, 2.24) is 0 Å². The largest absolute Gasteiger partial charge is 0.392 e. The van der Waals surface area contributed by atoms with Gasteiger partial charge in [0, 0.05) is 22.0 Å². The fourth-order valence-corrected chi connectivity index (χ4v) is 5.00. The van der Waals surface area contributed by atoms with Crippen LogP contribution in [0.1, 0.15) is 26.2 Å². The highest BCUT2D eigenvalue weighted by molar-refractivity contribution is 8.07. The summed E-state index contributed by atoms with van der Waals surface area (Å²) in [4.78, 5) is 0. The predicted molar refractivity (Wildman–Crippen MR) is 61.5 cm³/mol. The molecule has 1 heterocycles. The zero-order valence-electron chi connectivity index (χ0n) is 8.11. The van der Waals surface area contributed by atoms with Crippen LogP contribution in [0.25, 0.3) is 0 Å². The Hall–Kier alpha value is 0.660. The van der Waals surface area contributed by atoms with Gasteiger partial charge in [0.15, 0.2) is 0 Å². The first-order chi connectivity index (χ1) is 6.29. The lowest BCUT2D eigenvalue weighted by molar-refractivity contribution is 0.0609. The predicted octanol–water partition coefficient (Wildman–Crippen LogP) is 2.38. The highest BCUT2D eigenvalue weighted by Crippen LogP contribution is 2.40. The third kappa shape index (κ3) is 2.18. The van der Waals surface area contributed by atoms with Crippen LogP contribution in [0.4, 0.5) is 0 Å². The molecule has 1 N–H and O–H groups in total. The first-order valence-corrected chi connectivity index (χ1v) is 7.30. The molecule has 1 aliphatic heterocycles. The minimum absolute atomic E-state index is 0.0263. The van der Waals surface area contributed by atoms with Gasteiger partial charge in [0.05, 0.1) is 6.10 Å². The normalized spacial score (nSPS) is 38.3. The molecule has 76 valence electrons. The Kier molecular flexibility index (Phi) is 3.49. The second kappa shape index (κ2) is 4.45. The second-order valence-corrected chi connectivity index (χ2v) is 6.86. The van der Waals surface area contributed by atoms with Crippen molar-refractivity contribution in [2.45, 2.75) is 42.8 Å². The van der Waals surface area contributed by atoms with Crippen molar-refractivity contribution < 1.29 is 5.11 Å². The lowest BCUT2D eigenvalue weighted by Gasteiger charge is -2.39. The molecule has 3 heteroatoms. The number of thioether (sulfide) groups is 2. The minimum atomic E-state index is -0.0263. The first-order valence-electron chi connectivity index (χ1n) is 5.20. The van der Waals surface area contributed by atoms with Crippen LogP contribution in [0.2, 0.25) is 0 Å². The lowest BCUT2D eigenvalue weighted by atomic mass is 9.79. The maximum atomic E-state index is 10.1. The van der Waals surface area contributed by atoms with Crippen molar-refractivity contribution in [2.75, 3.05) is 11.5 Å². The molecule has 0 amide bonds. The van der Waals surface area contributed by atoms with Crippen molar-refractivity contribution in [1.29, 1.82) is 0 Å². The number of rotatable bonds is 2. The summed E-state index contributed by atoms with van der Waals surface area (Å²) in [6.07, 6.45) is 3.83. The van der Waals surface area contributed by atoms with Crippen molar-refractivity contribution in [3.63, 3.8) is 0 Å². The van der Waals surface area contributed by atoms with Crippen LogP contribution in [-0.4, -0.2) is 33.2 Å². The van der Waals surface area contributed by atoms with Gasteiger partial charge in [-0.1, -0.05) is 13.3 Å². The zero-order chi connectivity index (χ0) is 9.26. The fourth-order valence-electron chi connectivity index (χ4n) is 2.07. The van der Waals surface area contributed by atoms with Crippen molar-refractivity contribution in [3.8, 4) is 0 Å². The summed E-state index contributed by atoms with van der Waals surface area (Å²) in [5.74, 6) is 3.11. The van der Waals surface area contributed by atoms with E-state index in [2.05, 4.69) is 6.92 Å². The molecule has 1 aliphatic carbocycles. The van der Waals surface area contributed by atoms with Crippen molar-refractivity contribution in [3.05, 3.63) is 0 Å². The van der Waals surface area contributed by atoms with E-state index in [0.717, 1.165) is 0 Å². The molecule has 0 aromatic rings. The molecule has 3 unspecified atom stereocenters. The van der Waals surface area contributed by atoms with E-state index >= 15 is 0 Å². The summed E-state index contributed by atoms with van der Waals surface area (Å²) in [5.41, 5.74) is 0. The summed E-state index contributed by atoms with van der Waals surface area (Å²) >= 11 is 4.01. The maximum absolute atomic E-state index is 10.1. The third-order valence-corrected chi connectivity index (χ3v) is 6.41. The molecule has 0 aromatic carbocycles. The summed E-state index contributed by atoms with van der Waals surface area (Å²) in [6.45, 7) is 2.27. The van der Waals surface area contributed by atoms with Crippen molar-refractivity contribution in [2.24, 2.45) is 5.92 Å². The topological polar surface area (TPSA) is 20.2 Å². The molecule has 2 rings (SSSR count). The van der Waals surface area contributed by atoms with E-state index in [4.69, 9.17) is 0 Å². The van der Waals surface area contributed by atoms with Crippen molar-refractivity contribution >= 4 is 23.5 Å². The van der Waals surface area contributed by atoms with Gasteiger partial charge in [-0.25, -0.2) is 0 Å². The van der Waals surface area contributed by atoms with Crippen LogP contribution in [0, 0.1) is 5.92 Å². The Bertz CT molecular complexity index is 170. The summed E-state index contributed by atoms with van der Waals surface area (Å²) in [5, 5.41) is 11.3. The highest BCUT2D eigenvalue weighted by Gasteiger charge is 2.36. The van der Waals surface area contributed by atoms with Gasteiger partial charge in [-0.3, -0.25) is 0 Å². The van der Waals surface area contributed by atoms with Gasteiger partial charge >= 0.3 is 0 Å². The minimum Gasteiger partial charge on any atom is -0.392 e. The molecule has 0 aromatic heterocycles. The van der Waals surface area contributed by atoms with Gasteiger partial charge < -0.3 is 5.11 Å². The summed E-state index contributed by atoms with van der Waals surface area (Å²) < 4.78 is 0. The van der Waals surface area contributed by atoms with E-state index in [1.54, 1.807) is 0 Å². The maximum Gasteiger partial charge on any atom is 0.0697 e. The Labute approximate surface area is 89.1 Å². The third-order valence-electron chi connectivity index (χ3n) is 3.21. The molecule has 1 saturated carbocycles. The number of aliphatic hydroxyl groups is 1. The van der Waals surface area contributed by atoms with Gasteiger partial charge in [-0.15, -0.1) is 0 Å². The van der Waals surface area contributed by atoms with Gasteiger partial charge in [0.1, 0.15) is 0 Å². The molecule has 0 bridgehead atoms. The SMILES string of the molecule is CC1SCCSC1C(O)C1CCC1. The van der Waals surface area contributed by atoms with E-state index < -0.39 is 0 Å². The van der Waals surface area contributed by atoms with Crippen LogP contribution in [0.3, 0.4) is 0 Å². The van der Waals surface area contributed by atoms with Gasteiger partial charge in [-0.05, 0) is 18.8 Å². The van der Waals surface area contributed by atoms with Gasteiger partial charge in [0.25, 0.3) is 0 Å². The van der Waals surface area contributed by atoms with E-state index in [1.807, 2.05) is 23.5 Å². The van der Waals surface area contributed by atoms with Gasteiger partial charge in [0.2, 0.25) is 0 Å². The van der Waals surface area contributed by atoms with E-state index in [9.17, 15) is 5.11 Å². The zero-order valence-corrected chi connectivity index (χ0v) is 9.74. The average molecular weight is 218 g/mol. The molecule has 1 nitrogen and oxygen atoms in total. The molecular weight excluding hydrogens is 200 g/mol. The molecule has 2 aliphatic rings. The van der Waals surface area contributed by atoms with Crippen LogP contribution < -0.4 is 0 Å². The van der Waals surface area contributed by atoms with Crippen LogP contribution in [0.5, 0.6) is 0 Å². The standard InChI is InChI=1S/C10H18OS2/c1-7-10(13-6-5-12-7)9(11)8-3-2-4-8/h7-11H,2-6H2,1H3. The molecule has 0 radical (unpaired) electrons. The Morgan fingerprint density at radius 3 is 2.46 bits per heavy atom. The van der Waals surface area contributed by atoms with Crippen LogP contribution in [-0.2, 0) is 0 Å². The molecule has 1 saturated heterocycles. The number of hydrogen-bond donors (Lipinski definition) is 1. The summed E-state index contributed by atoms with van der Waals surface area (Å²) in [7, 11) is 0. The van der Waals surface area contributed by atoms with E-state index in [-0.39, 0.29) is 6.10 Å². The quantitative estimate of drug-likeness (QED) is 0.768. The molecule has 2 fully saturated rings. The molecular formula is C10H18OS2. The molecule has 13 heavy (non-hydrogen) atoms. The second-order valence-electron chi connectivity index (χ2n) is 4.09. The highest BCUT2D eigenvalue weighted by atomic mass is 32.2. The lowest BCUT2D eigenvalue weighted by Crippen LogP contribution is -2.41. The fraction of sp³-hybridized carbons (Fsp3) is 1.00. The van der Waals surface area contributed by atoms with Crippen LogP contribution >= 0.6 is 23.5 Å². The smallest absolute Gasteiger partial charge is 0.0697 e. The molecule has 0 spiro atoms. The Morgan fingerprint density at radius 1 is 1.23 bits per heavy atom. The van der Waals surface area contributed by atoms with Crippen LogP contribution in [0.15, 0.2) is 0 Å². The van der Waals surface area contributed by atoms with Gasteiger partial charge in [-0.2, -0.15) is 23.5 Å². The Morgan fingerprint density at radius 2 is 1.92 bits per heavy atom. The number of aliphatic hydroxyl groups excluding tert-OH is 1.